The van der Waals surface area contributed by atoms with E-state index in [1.54, 1.807) is 36.5 Å². The number of methoxy groups -OCH3 is 2. The van der Waals surface area contributed by atoms with Gasteiger partial charge in [0.05, 0.1) is 26.9 Å². The molecular weight excluding hydrogens is 334 g/mol. The van der Waals surface area contributed by atoms with Gasteiger partial charge in [-0.1, -0.05) is 12.1 Å². The highest BCUT2D eigenvalue weighted by molar-refractivity contribution is 5.91. The minimum atomic E-state index is -0.345. The minimum Gasteiger partial charge on any atom is -0.497 e. The van der Waals surface area contributed by atoms with E-state index in [9.17, 15) is 9.59 Å². The molecule has 0 radical (unpaired) electrons. The van der Waals surface area contributed by atoms with Crippen molar-refractivity contribution < 1.29 is 23.5 Å². The molecular formula is C20H23NO5. The first-order valence-electron chi connectivity index (χ1n) is 8.32. The highest BCUT2D eigenvalue weighted by Gasteiger charge is 2.13. The summed E-state index contributed by atoms with van der Waals surface area (Å²) in [6.07, 6.45) is 5.43. The summed E-state index contributed by atoms with van der Waals surface area (Å²) < 4.78 is 15.0. The van der Waals surface area contributed by atoms with Gasteiger partial charge in [0, 0.05) is 19.2 Å². The van der Waals surface area contributed by atoms with Crippen LogP contribution in [0.25, 0.3) is 6.08 Å². The van der Waals surface area contributed by atoms with Crippen molar-refractivity contribution >= 4 is 18.0 Å². The fourth-order valence-electron chi connectivity index (χ4n) is 2.36. The van der Waals surface area contributed by atoms with Crippen LogP contribution >= 0.6 is 0 Å². The van der Waals surface area contributed by atoms with E-state index in [-0.39, 0.29) is 18.3 Å². The van der Waals surface area contributed by atoms with Crippen LogP contribution < -0.4 is 4.74 Å². The van der Waals surface area contributed by atoms with Crippen molar-refractivity contribution in [3.05, 3.63) is 60.1 Å². The number of hydrogen-bond acceptors (Lipinski definition) is 5. The number of rotatable bonds is 9. The SMILES string of the molecule is COC(=O)CCN(CCc1ccc(OC)cc1)C(=O)/C=C/c1ccco1. The summed E-state index contributed by atoms with van der Waals surface area (Å²) in [7, 11) is 2.95. The maximum Gasteiger partial charge on any atom is 0.307 e. The van der Waals surface area contributed by atoms with E-state index < -0.39 is 0 Å². The summed E-state index contributed by atoms with van der Waals surface area (Å²) in [6, 6.07) is 11.2. The average molecular weight is 357 g/mol. The van der Waals surface area contributed by atoms with Crippen molar-refractivity contribution in [3.8, 4) is 5.75 Å². The smallest absolute Gasteiger partial charge is 0.307 e. The summed E-state index contributed by atoms with van der Waals surface area (Å²) in [4.78, 5) is 25.5. The molecule has 26 heavy (non-hydrogen) atoms. The van der Waals surface area contributed by atoms with Gasteiger partial charge in [-0.15, -0.1) is 0 Å². The van der Waals surface area contributed by atoms with Crippen LogP contribution in [0.4, 0.5) is 0 Å². The van der Waals surface area contributed by atoms with E-state index in [1.165, 1.54) is 13.2 Å². The summed E-state index contributed by atoms with van der Waals surface area (Å²) in [5, 5.41) is 0. The van der Waals surface area contributed by atoms with Gasteiger partial charge in [0.15, 0.2) is 0 Å². The van der Waals surface area contributed by atoms with E-state index >= 15 is 0 Å². The van der Waals surface area contributed by atoms with Gasteiger partial charge in [0.25, 0.3) is 0 Å². The highest BCUT2D eigenvalue weighted by atomic mass is 16.5. The zero-order valence-electron chi connectivity index (χ0n) is 15.0. The molecule has 0 fully saturated rings. The van der Waals surface area contributed by atoms with Gasteiger partial charge in [-0.05, 0) is 42.3 Å². The first-order chi connectivity index (χ1) is 12.6. The van der Waals surface area contributed by atoms with Gasteiger partial charge in [-0.3, -0.25) is 9.59 Å². The summed E-state index contributed by atoms with van der Waals surface area (Å²) in [5.74, 6) is 0.858. The Morgan fingerprint density at radius 2 is 1.88 bits per heavy atom. The number of nitrogens with zero attached hydrogens (tertiary/aromatic N) is 1. The first-order valence-corrected chi connectivity index (χ1v) is 8.32. The maximum atomic E-state index is 12.5. The largest absolute Gasteiger partial charge is 0.497 e. The molecule has 1 aromatic heterocycles. The zero-order valence-corrected chi connectivity index (χ0v) is 15.0. The van der Waals surface area contributed by atoms with Crippen molar-refractivity contribution in [2.24, 2.45) is 0 Å². The Bertz CT molecular complexity index is 719. The molecule has 1 aromatic carbocycles. The molecule has 0 bridgehead atoms. The molecule has 0 aliphatic rings. The molecule has 0 aliphatic heterocycles. The van der Waals surface area contributed by atoms with Crippen LogP contribution in [-0.4, -0.2) is 44.1 Å². The number of ether oxygens (including phenoxy) is 2. The van der Waals surface area contributed by atoms with Crippen molar-refractivity contribution in [1.29, 1.82) is 0 Å². The predicted octanol–water partition coefficient (Wildman–Crippen LogP) is 2.94. The average Bonchev–Trinajstić information content (AvgIpc) is 3.20. The van der Waals surface area contributed by atoms with Crippen molar-refractivity contribution in [2.45, 2.75) is 12.8 Å². The standard InChI is InChI=1S/C20H23NO5/c1-24-17-7-5-16(6-8-17)11-13-21(14-12-20(23)25-2)19(22)10-9-18-4-3-15-26-18/h3-10,15H,11-14H2,1-2H3/b10-9+. The van der Waals surface area contributed by atoms with E-state index in [2.05, 4.69) is 4.74 Å². The molecule has 6 heteroatoms. The van der Waals surface area contributed by atoms with Crippen LogP contribution in [-0.2, 0) is 20.7 Å². The van der Waals surface area contributed by atoms with Crippen molar-refractivity contribution in [3.63, 3.8) is 0 Å². The lowest BCUT2D eigenvalue weighted by Gasteiger charge is -2.21. The summed E-state index contributed by atoms with van der Waals surface area (Å²) >= 11 is 0. The van der Waals surface area contributed by atoms with E-state index in [4.69, 9.17) is 9.15 Å². The van der Waals surface area contributed by atoms with Crippen LogP contribution in [0.1, 0.15) is 17.7 Å². The quantitative estimate of drug-likeness (QED) is 0.510. The predicted molar refractivity (Wildman–Crippen MR) is 97.7 cm³/mol. The Hall–Kier alpha value is -3.02. The fraction of sp³-hybridized carbons (Fsp3) is 0.300. The van der Waals surface area contributed by atoms with Gasteiger partial charge in [0.2, 0.25) is 5.91 Å². The van der Waals surface area contributed by atoms with Gasteiger partial charge < -0.3 is 18.8 Å². The third-order valence-corrected chi connectivity index (χ3v) is 3.89. The number of carbonyl (C=O) groups excluding carboxylic acids is 2. The monoisotopic (exact) mass is 357 g/mol. The minimum absolute atomic E-state index is 0.152. The number of furan rings is 1. The Kier molecular flexibility index (Phi) is 7.49. The number of amides is 1. The number of esters is 1. The lowest BCUT2D eigenvalue weighted by molar-refractivity contribution is -0.141. The van der Waals surface area contributed by atoms with Crippen LogP contribution in [0.3, 0.4) is 0 Å². The molecule has 2 aromatic rings. The Balaban J connectivity index is 1.99. The molecule has 2 rings (SSSR count). The van der Waals surface area contributed by atoms with Gasteiger partial charge >= 0.3 is 5.97 Å². The second kappa shape index (κ2) is 10.1. The molecule has 6 nitrogen and oxygen atoms in total. The fourth-order valence-corrected chi connectivity index (χ4v) is 2.36. The first kappa shape index (κ1) is 19.3. The molecule has 0 unspecified atom stereocenters. The summed E-state index contributed by atoms with van der Waals surface area (Å²) in [6.45, 7) is 0.787. The second-order valence-corrected chi connectivity index (χ2v) is 5.60. The van der Waals surface area contributed by atoms with Crippen LogP contribution in [0, 0.1) is 0 Å². The highest BCUT2D eigenvalue weighted by Crippen LogP contribution is 2.12. The molecule has 0 saturated heterocycles. The number of benzene rings is 1. The van der Waals surface area contributed by atoms with Crippen LogP contribution in [0.2, 0.25) is 0 Å². The van der Waals surface area contributed by atoms with Gasteiger partial charge in [0.1, 0.15) is 11.5 Å². The number of carbonyl (C=O) groups is 2. The Morgan fingerprint density at radius 3 is 2.50 bits per heavy atom. The molecule has 0 atom stereocenters. The van der Waals surface area contributed by atoms with Crippen LogP contribution in [0.15, 0.2) is 53.2 Å². The number of hydrogen-bond donors (Lipinski definition) is 0. The second-order valence-electron chi connectivity index (χ2n) is 5.60. The third kappa shape index (κ3) is 6.12. The zero-order chi connectivity index (χ0) is 18.8. The molecule has 0 spiro atoms. The molecule has 138 valence electrons. The van der Waals surface area contributed by atoms with Gasteiger partial charge in [-0.2, -0.15) is 0 Å². The maximum absolute atomic E-state index is 12.5. The molecule has 0 saturated carbocycles. The Labute approximate surface area is 153 Å². The molecule has 1 heterocycles. The lowest BCUT2D eigenvalue weighted by Crippen LogP contribution is -2.33. The molecule has 0 aliphatic carbocycles. The molecule has 0 N–H and O–H groups in total. The lowest BCUT2D eigenvalue weighted by atomic mass is 10.1. The normalized spacial score (nSPS) is 10.7. The van der Waals surface area contributed by atoms with Gasteiger partial charge in [-0.25, -0.2) is 0 Å². The van der Waals surface area contributed by atoms with Crippen molar-refractivity contribution in [1.82, 2.24) is 4.90 Å². The van der Waals surface area contributed by atoms with E-state index in [0.717, 1.165) is 11.3 Å². The van der Waals surface area contributed by atoms with Crippen LogP contribution in [0.5, 0.6) is 5.75 Å². The van der Waals surface area contributed by atoms with E-state index in [0.29, 0.717) is 25.3 Å². The topological polar surface area (TPSA) is 69.0 Å². The summed E-state index contributed by atoms with van der Waals surface area (Å²) in [5.41, 5.74) is 1.08. The molecule has 1 amide bonds. The third-order valence-electron chi connectivity index (χ3n) is 3.89. The Morgan fingerprint density at radius 1 is 1.12 bits per heavy atom. The van der Waals surface area contributed by atoms with Crippen molar-refractivity contribution in [2.75, 3.05) is 27.3 Å². The van der Waals surface area contributed by atoms with E-state index in [1.807, 2.05) is 24.3 Å².